The maximum absolute atomic E-state index is 13.7. The number of benzene rings is 1. The molecule has 0 bridgehead atoms. The van der Waals surface area contributed by atoms with Crippen LogP contribution < -0.4 is 10.6 Å². The van der Waals surface area contributed by atoms with Crippen LogP contribution in [0.2, 0.25) is 0 Å². The third-order valence-electron chi connectivity index (χ3n) is 2.74. The van der Waals surface area contributed by atoms with E-state index in [0.29, 0.717) is 5.69 Å². The first-order valence-corrected chi connectivity index (χ1v) is 5.97. The molecule has 0 aliphatic heterocycles. The van der Waals surface area contributed by atoms with Gasteiger partial charge >= 0.3 is 5.97 Å². The van der Waals surface area contributed by atoms with Gasteiger partial charge in [-0.2, -0.15) is 0 Å². The molecule has 100 valence electrons. The van der Waals surface area contributed by atoms with Crippen LogP contribution in [0.3, 0.4) is 0 Å². The molecule has 0 spiro atoms. The van der Waals surface area contributed by atoms with Crippen LogP contribution in [0.4, 0.5) is 15.8 Å². The lowest BCUT2D eigenvalue weighted by molar-refractivity contribution is 0.0692. The van der Waals surface area contributed by atoms with E-state index in [0.717, 1.165) is 13.0 Å². The van der Waals surface area contributed by atoms with E-state index in [1.54, 1.807) is 0 Å². The Bertz CT molecular complexity index is 447. The number of nitrogen functional groups attached to an aromatic ring is 1. The van der Waals surface area contributed by atoms with Gasteiger partial charge in [-0.1, -0.05) is 6.92 Å². The number of hydrogen-bond acceptors (Lipinski definition) is 3. The van der Waals surface area contributed by atoms with Crippen LogP contribution in [-0.2, 0) is 0 Å². The fraction of sp³-hybridized carbons (Fsp3) is 0.462. The number of halogens is 1. The van der Waals surface area contributed by atoms with Crippen molar-refractivity contribution in [1.29, 1.82) is 0 Å². The molecule has 0 aliphatic rings. The molecule has 0 aromatic heterocycles. The molecule has 5 heteroatoms. The van der Waals surface area contributed by atoms with Crippen LogP contribution in [0, 0.1) is 5.82 Å². The second-order valence-electron chi connectivity index (χ2n) is 4.48. The van der Waals surface area contributed by atoms with E-state index >= 15 is 0 Å². The first-order chi connectivity index (χ1) is 8.38. The van der Waals surface area contributed by atoms with E-state index in [1.165, 1.54) is 12.1 Å². The van der Waals surface area contributed by atoms with Gasteiger partial charge in [-0.05, 0) is 26.3 Å². The zero-order chi connectivity index (χ0) is 13.9. The average Bonchev–Trinajstić information content (AvgIpc) is 2.28. The Morgan fingerprint density at radius 1 is 1.50 bits per heavy atom. The van der Waals surface area contributed by atoms with Crippen LogP contribution in [0.5, 0.6) is 0 Å². The molecule has 0 saturated heterocycles. The van der Waals surface area contributed by atoms with Gasteiger partial charge in [-0.25, -0.2) is 9.18 Å². The summed E-state index contributed by atoms with van der Waals surface area (Å²) in [4.78, 5) is 12.8. The van der Waals surface area contributed by atoms with Crippen molar-refractivity contribution in [2.24, 2.45) is 0 Å². The average molecular weight is 254 g/mol. The van der Waals surface area contributed by atoms with Crippen molar-refractivity contribution in [3.8, 4) is 0 Å². The highest BCUT2D eigenvalue weighted by atomic mass is 19.1. The summed E-state index contributed by atoms with van der Waals surface area (Å²) >= 11 is 0. The number of hydrogen-bond donors (Lipinski definition) is 2. The van der Waals surface area contributed by atoms with Crippen molar-refractivity contribution >= 4 is 17.3 Å². The van der Waals surface area contributed by atoms with Gasteiger partial charge in [0.25, 0.3) is 0 Å². The van der Waals surface area contributed by atoms with E-state index in [4.69, 9.17) is 10.8 Å². The van der Waals surface area contributed by atoms with Crippen molar-refractivity contribution in [2.45, 2.75) is 33.2 Å². The SMILES string of the molecule is CCCN(c1cc(F)c(C(=O)O)cc1N)C(C)C. The summed E-state index contributed by atoms with van der Waals surface area (Å²) in [6.07, 6.45) is 0.903. The van der Waals surface area contributed by atoms with E-state index in [-0.39, 0.29) is 11.7 Å². The molecular formula is C13H19FN2O2. The largest absolute Gasteiger partial charge is 0.478 e. The summed E-state index contributed by atoms with van der Waals surface area (Å²) in [5.74, 6) is -2.06. The van der Waals surface area contributed by atoms with Gasteiger partial charge in [0.15, 0.2) is 0 Å². The third-order valence-corrected chi connectivity index (χ3v) is 2.74. The summed E-state index contributed by atoms with van der Waals surface area (Å²) in [5.41, 5.74) is 6.27. The van der Waals surface area contributed by atoms with Crippen molar-refractivity contribution in [2.75, 3.05) is 17.2 Å². The van der Waals surface area contributed by atoms with E-state index in [2.05, 4.69) is 0 Å². The molecule has 3 N–H and O–H groups in total. The fourth-order valence-corrected chi connectivity index (χ4v) is 1.89. The second kappa shape index (κ2) is 5.71. The van der Waals surface area contributed by atoms with E-state index < -0.39 is 17.3 Å². The first kappa shape index (κ1) is 14.3. The number of rotatable bonds is 5. The summed E-state index contributed by atoms with van der Waals surface area (Å²) in [6.45, 7) is 6.73. The van der Waals surface area contributed by atoms with E-state index in [9.17, 15) is 9.18 Å². The fourth-order valence-electron chi connectivity index (χ4n) is 1.89. The standard InChI is InChI=1S/C13H19FN2O2/c1-4-5-16(8(2)3)12-7-10(14)9(13(17)18)6-11(12)15/h6-8H,4-5,15H2,1-3H3,(H,17,18). The predicted molar refractivity (Wildman–Crippen MR) is 70.5 cm³/mol. The number of anilines is 2. The number of nitrogens with zero attached hydrogens (tertiary/aromatic N) is 1. The summed E-state index contributed by atoms with van der Waals surface area (Å²) < 4.78 is 13.7. The predicted octanol–water partition coefficient (Wildman–Crippen LogP) is 2.73. The zero-order valence-corrected chi connectivity index (χ0v) is 10.9. The van der Waals surface area contributed by atoms with Crippen molar-refractivity contribution in [3.63, 3.8) is 0 Å². The molecule has 1 aromatic carbocycles. The van der Waals surface area contributed by atoms with Gasteiger partial charge in [0.05, 0.1) is 16.9 Å². The molecule has 0 fully saturated rings. The van der Waals surface area contributed by atoms with Crippen LogP contribution in [0.25, 0.3) is 0 Å². The van der Waals surface area contributed by atoms with Crippen molar-refractivity contribution in [1.82, 2.24) is 0 Å². The summed E-state index contributed by atoms with van der Waals surface area (Å²) in [6, 6.07) is 2.55. The molecule has 0 atom stereocenters. The van der Waals surface area contributed by atoms with Gasteiger partial charge in [0.2, 0.25) is 0 Å². The Morgan fingerprint density at radius 3 is 2.56 bits per heavy atom. The second-order valence-corrected chi connectivity index (χ2v) is 4.48. The lowest BCUT2D eigenvalue weighted by Gasteiger charge is -2.30. The minimum Gasteiger partial charge on any atom is -0.478 e. The number of carboxylic acid groups (broad SMARTS) is 1. The Balaban J connectivity index is 3.24. The van der Waals surface area contributed by atoms with E-state index in [1.807, 2.05) is 25.7 Å². The zero-order valence-electron chi connectivity index (χ0n) is 10.9. The van der Waals surface area contributed by atoms with Gasteiger partial charge in [-0.3, -0.25) is 0 Å². The maximum atomic E-state index is 13.7. The topological polar surface area (TPSA) is 66.6 Å². The number of carbonyl (C=O) groups is 1. The quantitative estimate of drug-likeness (QED) is 0.793. The molecule has 4 nitrogen and oxygen atoms in total. The molecular weight excluding hydrogens is 235 g/mol. The highest BCUT2D eigenvalue weighted by molar-refractivity contribution is 5.91. The molecule has 1 aromatic rings. The lowest BCUT2D eigenvalue weighted by atomic mass is 10.1. The normalized spacial score (nSPS) is 10.7. The highest BCUT2D eigenvalue weighted by Gasteiger charge is 2.18. The minimum atomic E-state index is -1.31. The Kier molecular flexibility index (Phi) is 4.53. The minimum absolute atomic E-state index is 0.169. The lowest BCUT2D eigenvalue weighted by Crippen LogP contribution is -2.32. The van der Waals surface area contributed by atoms with Gasteiger partial charge in [0.1, 0.15) is 5.82 Å². The molecule has 18 heavy (non-hydrogen) atoms. The number of aromatic carboxylic acids is 1. The van der Waals surface area contributed by atoms with Crippen molar-refractivity contribution < 1.29 is 14.3 Å². The van der Waals surface area contributed by atoms with Crippen molar-refractivity contribution in [3.05, 3.63) is 23.5 Å². The highest BCUT2D eigenvalue weighted by Crippen LogP contribution is 2.28. The van der Waals surface area contributed by atoms with Crippen LogP contribution in [0.15, 0.2) is 12.1 Å². The maximum Gasteiger partial charge on any atom is 0.338 e. The van der Waals surface area contributed by atoms with Crippen LogP contribution in [0.1, 0.15) is 37.6 Å². The molecule has 0 heterocycles. The molecule has 0 amide bonds. The summed E-state index contributed by atoms with van der Waals surface area (Å²) in [5, 5.41) is 8.82. The molecule has 0 saturated carbocycles. The Hall–Kier alpha value is -1.78. The number of carboxylic acids is 1. The van der Waals surface area contributed by atoms with Gasteiger partial charge < -0.3 is 15.7 Å². The first-order valence-electron chi connectivity index (χ1n) is 5.97. The van der Waals surface area contributed by atoms with Crippen LogP contribution >= 0.6 is 0 Å². The van der Waals surface area contributed by atoms with Gasteiger partial charge in [0, 0.05) is 18.7 Å². The Labute approximate surface area is 106 Å². The smallest absolute Gasteiger partial charge is 0.338 e. The van der Waals surface area contributed by atoms with Crippen LogP contribution in [-0.4, -0.2) is 23.7 Å². The summed E-state index contributed by atoms with van der Waals surface area (Å²) in [7, 11) is 0. The Morgan fingerprint density at radius 2 is 2.11 bits per heavy atom. The molecule has 0 aliphatic carbocycles. The molecule has 1 rings (SSSR count). The monoisotopic (exact) mass is 254 g/mol. The number of nitrogens with two attached hydrogens (primary N) is 1. The molecule has 0 unspecified atom stereocenters. The van der Waals surface area contributed by atoms with Gasteiger partial charge in [-0.15, -0.1) is 0 Å². The third kappa shape index (κ3) is 2.91. The molecule has 0 radical (unpaired) electrons.